The normalized spacial score (nSPS) is 10.2. The van der Waals surface area contributed by atoms with E-state index in [4.69, 9.17) is 11.6 Å². The Balaban J connectivity index is 2.56. The van der Waals surface area contributed by atoms with Crippen molar-refractivity contribution in [3.8, 4) is 0 Å². The minimum absolute atomic E-state index is 0.456. The fraction of sp³-hybridized carbons (Fsp3) is 0. The number of hydrogen-bond acceptors (Lipinski definition) is 2. The highest BCUT2D eigenvalue weighted by molar-refractivity contribution is 14.1. The summed E-state index contributed by atoms with van der Waals surface area (Å²) >= 11 is 8.04. The van der Waals surface area contributed by atoms with Crippen LogP contribution in [0, 0.1) is 3.57 Å². The van der Waals surface area contributed by atoms with Crippen molar-refractivity contribution in [1.82, 2.24) is 4.98 Å². The first-order valence-corrected chi connectivity index (χ1v) is 6.09. The van der Waals surface area contributed by atoms with Crippen LogP contribution in [-0.2, 0) is 0 Å². The topological polar surface area (TPSA) is 54.4 Å². The molecule has 1 aromatic carbocycles. The van der Waals surface area contributed by atoms with Crippen LogP contribution in [0.2, 0.25) is 5.02 Å². The van der Waals surface area contributed by atoms with Gasteiger partial charge in [0.2, 0.25) is 0 Å². The van der Waals surface area contributed by atoms with Crippen molar-refractivity contribution in [2.24, 2.45) is 4.99 Å². The van der Waals surface area contributed by atoms with E-state index in [2.05, 4.69) is 44.6 Å². The molecular weight excluding hydrogens is 352 g/mol. The van der Waals surface area contributed by atoms with E-state index in [9.17, 15) is 4.79 Å². The Bertz CT molecular complexity index is 615. The summed E-state index contributed by atoms with van der Waals surface area (Å²) in [5, 5.41) is 5.08. The Morgan fingerprint density at radius 3 is 3.00 bits per heavy atom. The average molecular weight is 360 g/mol. The van der Waals surface area contributed by atoms with E-state index in [1.807, 2.05) is 12.1 Å². The summed E-state index contributed by atoms with van der Waals surface area (Å²) in [4.78, 5) is 18.5. The Morgan fingerprint density at radius 1 is 1.53 bits per heavy atom. The molecule has 1 N–H and O–H groups in total. The van der Waals surface area contributed by atoms with Crippen molar-refractivity contribution in [3.63, 3.8) is 0 Å². The molecule has 0 aliphatic carbocycles. The maximum Gasteiger partial charge on any atom is 0.345 e. The van der Waals surface area contributed by atoms with E-state index >= 15 is 0 Å². The molecule has 0 aliphatic heterocycles. The van der Waals surface area contributed by atoms with E-state index < -0.39 is 6.03 Å². The van der Waals surface area contributed by atoms with Gasteiger partial charge in [0.1, 0.15) is 5.82 Å². The van der Waals surface area contributed by atoms with Gasteiger partial charge in [0, 0.05) is 22.0 Å². The third-order valence-electron chi connectivity index (χ3n) is 2.16. The van der Waals surface area contributed by atoms with E-state index in [0.717, 1.165) is 14.3 Å². The molecule has 0 fully saturated rings. The van der Waals surface area contributed by atoms with Gasteiger partial charge in [0.15, 0.2) is 0 Å². The highest BCUT2D eigenvalue weighted by Gasteiger charge is 2.09. The number of rotatable bonds is 1. The van der Waals surface area contributed by atoms with Crippen molar-refractivity contribution in [3.05, 3.63) is 33.0 Å². The second kappa shape index (κ2) is 4.97. The first kappa shape index (κ1) is 12.3. The van der Waals surface area contributed by atoms with Gasteiger partial charge >= 0.3 is 6.03 Å². The molecule has 2 rings (SSSR count). The van der Waals surface area contributed by atoms with Crippen LogP contribution in [0.3, 0.4) is 0 Å². The Labute approximate surface area is 116 Å². The van der Waals surface area contributed by atoms with Crippen LogP contribution in [0.15, 0.2) is 29.4 Å². The van der Waals surface area contributed by atoms with Crippen LogP contribution in [-0.4, -0.2) is 17.7 Å². The fourth-order valence-corrected chi connectivity index (χ4v) is 2.29. The van der Waals surface area contributed by atoms with Crippen LogP contribution < -0.4 is 5.32 Å². The van der Waals surface area contributed by atoms with E-state index in [0.29, 0.717) is 10.8 Å². The summed E-state index contributed by atoms with van der Waals surface area (Å²) in [6, 6.07) is 4.98. The highest BCUT2D eigenvalue weighted by Crippen LogP contribution is 2.28. The number of carbonyl (C=O) groups excluding carboxylic acids is 1. The lowest BCUT2D eigenvalue weighted by atomic mass is 10.2. The smallest absolute Gasteiger partial charge is 0.290 e. The standard InChI is InChI=1S/C11H7ClIN3O/c1-14-11(17)16-10-9(13)8-4-7(12)3-2-6(8)5-15-10/h2-5H,1H2,(H,15,16,17). The number of carbonyl (C=O) groups is 1. The first-order chi connectivity index (χ1) is 8.11. The largest absolute Gasteiger partial charge is 0.345 e. The molecule has 17 heavy (non-hydrogen) atoms. The van der Waals surface area contributed by atoms with Crippen LogP contribution in [0.1, 0.15) is 0 Å². The van der Waals surface area contributed by atoms with Crippen molar-refractivity contribution in [2.45, 2.75) is 0 Å². The van der Waals surface area contributed by atoms with Gasteiger partial charge in [-0.3, -0.25) is 5.32 Å². The number of fused-ring (bicyclic) bond motifs is 1. The second-order valence-corrected chi connectivity index (χ2v) is 4.76. The summed E-state index contributed by atoms with van der Waals surface area (Å²) in [5.41, 5.74) is 0. The van der Waals surface area contributed by atoms with Crippen molar-refractivity contribution < 1.29 is 4.79 Å². The molecule has 0 radical (unpaired) electrons. The number of pyridine rings is 1. The van der Waals surface area contributed by atoms with Gasteiger partial charge in [-0.25, -0.2) is 14.8 Å². The first-order valence-electron chi connectivity index (χ1n) is 4.63. The molecule has 0 bridgehead atoms. The summed E-state index contributed by atoms with van der Waals surface area (Å²) in [6.07, 6.45) is 1.67. The third kappa shape index (κ3) is 2.55. The number of anilines is 1. The Hall–Kier alpha value is -1.21. The molecule has 1 heterocycles. The summed E-state index contributed by atoms with van der Waals surface area (Å²) in [6.45, 7) is 3.15. The molecule has 0 saturated heterocycles. The van der Waals surface area contributed by atoms with Crippen LogP contribution in [0.4, 0.5) is 10.6 Å². The lowest BCUT2D eigenvalue weighted by molar-refractivity contribution is 0.259. The third-order valence-corrected chi connectivity index (χ3v) is 3.49. The number of aromatic nitrogens is 1. The zero-order valence-corrected chi connectivity index (χ0v) is 11.5. The number of amides is 2. The summed E-state index contributed by atoms with van der Waals surface area (Å²) < 4.78 is 0.819. The molecule has 0 atom stereocenters. The average Bonchev–Trinajstić information content (AvgIpc) is 2.33. The van der Waals surface area contributed by atoms with Crippen LogP contribution in [0.25, 0.3) is 10.8 Å². The zero-order chi connectivity index (χ0) is 12.4. The lowest BCUT2D eigenvalue weighted by Crippen LogP contribution is -2.08. The lowest BCUT2D eigenvalue weighted by Gasteiger charge is -2.07. The van der Waals surface area contributed by atoms with Crippen molar-refractivity contribution in [2.75, 3.05) is 5.32 Å². The van der Waals surface area contributed by atoms with Gasteiger partial charge < -0.3 is 0 Å². The number of nitrogens with one attached hydrogen (secondary N) is 1. The van der Waals surface area contributed by atoms with E-state index in [1.54, 1.807) is 12.3 Å². The minimum atomic E-state index is -0.531. The second-order valence-electron chi connectivity index (χ2n) is 3.24. The molecule has 0 saturated carbocycles. The SMILES string of the molecule is C=NC(=O)Nc1ncc2ccc(Cl)cc2c1I. The van der Waals surface area contributed by atoms with Gasteiger partial charge in [-0.2, -0.15) is 0 Å². The molecule has 86 valence electrons. The molecule has 1 aromatic heterocycles. The molecule has 0 aliphatic rings. The van der Waals surface area contributed by atoms with E-state index in [1.165, 1.54) is 0 Å². The van der Waals surface area contributed by atoms with Gasteiger partial charge in [-0.1, -0.05) is 17.7 Å². The quantitative estimate of drug-likeness (QED) is 0.623. The molecular formula is C11H7ClIN3O. The van der Waals surface area contributed by atoms with Gasteiger partial charge in [-0.05, 0) is 41.4 Å². The number of hydrogen-bond donors (Lipinski definition) is 1. The molecule has 2 amide bonds. The van der Waals surface area contributed by atoms with Crippen molar-refractivity contribution in [1.29, 1.82) is 0 Å². The number of urea groups is 1. The van der Waals surface area contributed by atoms with Crippen LogP contribution in [0.5, 0.6) is 0 Å². The molecule has 6 heteroatoms. The van der Waals surface area contributed by atoms with Gasteiger partial charge in [-0.15, -0.1) is 0 Å². The maximum absolute atomic E-state index is 11.1. The Morgan fingerprint density at radius 2 is 2.29 bits per heavy atom. The minimum Gasteiger partial charge on any atom is -0.290 e. The number of halogens is 2. The number of benzene rings is 1. The maximum atomic E-state index is 11.1. The molecule has 0 unspecified atom stereocenters. The predicted molar refractivity (Wildman–Crippen MR) is 78.0 cm³/mol. The molecule has 4 nitrogen and oxygen atoms in total. The van der Waals surface area contributed by atoms with E-state index in [-0.39, 0.29) is 0 Å². The predicted octanol–water partition coefficient (Wildman–Crippen LogP) is 3.73. The summed E-state index contributed by atoms with van der Waals surface area (Å²) in [7, 11) is 0. The van der Waals surface area contributed by atoms with Gasteiger partial charge in [0.25, 0.3) is 0 Å². The number of nitrogens with zero attached hydrogens (tertiary/aromatic N) is 2. The Kier molecular flexibility index (Phi) is 3.58. The van der Waals surface area contributed by atoms with Crippen LogP contribution >= 0.6 is 34.2 Å². The fourth-order valence-electron chi connectivity index (χ4n) is 1.38. The monoisotopic (exact) mass is 359 g/mol. The van der Waals surface area contributed by atoms with Crippen molar-refractivity contribution >= 4 is 63.5 Å². The highest BCUT2D eigenvalue weighted by atomic mass is 127. The molecule has 2 aromatic rings. The summed E-state index contributed by atoms with van der Waals surface area (Å²) in [5.74, 6) is 0.456. The number of aliphatic imine (C=N–C) groups is 1. The van der Waals surface area contributed by atoms with Gasteiger partial charge in [0.05, 0.1) is 3.57 Å². The molecule has 0 spiro atoms. The zero-order valence-electron chi connectivity index (χ0n) is 8.58.